The van der Waals surface area contributed by atoms with Gasteiger partial charge in [0.2, 0.25) is 0 Å². The van der Waals surface area contributed by atoms with Crippen LogP contribution in [0.2, 0.25) is 0 Å². The van der Waals surface area contributed by atoms with Crippen molar-refractivity contribution in [2.24, 2.45) is 0 Å². The molecule has 29 heavy (non-hydrogen) atoms. The summed E-state index contributed by atoms with van der Waals surface area (Å²) in [4.78, 5) is 11.5. The number of aryl methyl sites for hydroxylation is 1. The molecule has 1 aliphatic heterocycles. The van der Waals surface area contributed by atoms with E-state index in [1.165, 1.54) is 5.56 Å². The summed E-state index contributed by atoms with van der Waals surface area (Å²) in [5.41, 5.74) is 11.3. The van der Waals surface area contributed by atoms with E-state index < -0.39 is 0 Å². The molecule has 0 saturated carbocycles. The molecule has 4 aromatic rings. The molecule has 0 amide bonds. The van der Waals surface area contributed by atoms with E-state index in [-0.39, 0.29) is 0 Å². The van der Waals surface area contributed by atoms with Gasteiger partial charge < -0.3 is 10.2 Å². The quantitative estimate of drug-likeness (QED) is 0.574. The van der Waals surface area contributed by atoms with Crippen LogP contribution in [0.3, 0.4) is 0 Å². The monoisotopic (exact) mass is 388 g/mol. The second kappa shape index (κ2) is 7.33. The number of piperidine rings is 1. The van der Waals surface area contributed by atoms with Gasteiger partial charge in [0.1, 0.15) is 11.6 Å². The molecule has 0 spiro atoms. The molecule has 7 nitrogen and oxygen atoms in total. The lowest BCUT2D eigenvalue weighted by atomic mass is 9.94. The zero-order chi connectivity index (χ0) is 19.8. The van der Waals surface area contributed by atoms with Gasteiger partial charge in [-0.1, -0.05) is 0 Å². The number of fused-ring (bicyclic) bond motifs is 1. The Morgan fingerprint density at radius 2 is 2.07 bits per heavy atom. The number of pyridine rings is 1. The highest BCUT2D eigenvalue weighted by Gasteiger charge is 2.24. The molecule has 5 heterocycles. The summed E-state index contributed by atoms with van der Waals surface area (Å²) in [6, 6.07) is 10.0. The predicted octanol–water partition coefficient (Wildman–Crippen LogP) is 3.65. The Labute approximate surface area is 169 Å². The Morgan fingerprint density at radius 1 is 1.21 bits per heavy atom. The molecular formula is C22H24N6O. The van der Waals surface area contributed by atoms with Crippen molar-refractivity contribution in [2.45, 2.75) is 32.2 Å². The summed E-state index contributed by atoms with van der Waals surface area (Å²) in [6.45, 7) is 4.95. The lowest BCUT2D eigenvalue weighted by Gasteiger charge is -2.32. The lowest BCUT2D eigenvalue weighted by molar-refractivity contribution is 0.198. The van der Waals surface area contributed by atoms with Gasteiger partial charge in [-0.05, 0) is 50.1 Å². The molecule has 0 aliphatic carbocycles. The molecule has 1 aliphatic rings. The van der Waals surface area contributed by atoms with E-state index in [9.17, 15) is 0 Å². The molecule has 148 valence electrons. The normalized spacial score (nSPS) is 17.8. The standard InChI is InChI=1S/C22H24N6O/c1-15-18(6-10-29-15)20-12-22-25-19(11-21(23)28(22)26-20)17-3-2-9-27(14-17)13-16-4-7-24-8-5-16/h4-8,10-12,17H,2-3,9,13-14,23H2,1H3/t17-/m1/s1. The minimum Gasteiger partial charge on any atom is -0.469 e. The molecule has 0 bridgehead atoms. The second-order valence-corrected chi connectivity index (χ2v) is 7.73. The average Bonchev–Trinajstić information content (AvgIpc) is 3.35. The van der Waals surface area contributed by atoms with E-state index >= 15 is 0 Å². The highest BCUT2D eigenvalue weighted by Crippen LogP contribution is 2.30. The van der Waals surface area contributed by atoms with Gasteiger partial charge in [-0.15, -0.1) is 0 Å². The van der Waals surface area contributed by atoms with Crippen LogP contribution in [-0.2, 0) is 6.54 Å². The molecule has 2 N–H and O–H groups in total. The number of aromatic nitrogens is 4. The Bertz CT molecular complexity index is 1130. The summed E-state index contributed by atoms with van der Waals surface area (Å²) in [6.07, 6.45) is 7.66. The number of nitrogen functional groups attached to an aromatic ring is 1. The highest BCUT2D eigenvalue weighted by atomic mass is 16.3. The Hall–Kier alpha value is -3.19. The first-order valence-corrected chi connectivity index (χ1v) is 9.99. The molecule has 1 fully saturated rings. The van der Waals surface area contributed by atoms with Crippen LogP contribution >= 0.6 is 0 Å². The molecule has 7 heteroatoms. The van der Waals surface area contributed by atoms with Crippen LogP contribution in [0, 0.1) is 6.92 Å². The fourth-order valence-electron chi connectivity index (χ4n) is 4.20. The fourth-order valence-corrected chi connectivity index (χ4v) is 4.20. The summed E-state index contributed by atoms with van der Waals surface area (Å²) >= 11 is 0. The number of nitrogens with two attached hydrogens (primary N) is 1. The van der Waals surface area contributed by atoms with Crippen LogP contribution in [0.25, 0.3) is 16.9 Å². The molecule has 0 aromatic carbocycles. The first kappa shape index (κ1) is 17.9. The zero-order valence-corrected chi connectivity index (χ0v) is 16.5. The summed E-state index contributed by atoms with van der Waals surface area (Å²) in [7, 11) is 0. The van der Waals surface area contributed by atoms with Gasteiger partial charge in [0, 0.05) is 49.1 Å². The molecule has 0 unspecified atom stereocenters. The van der Waals surface area contributed by atoms with Crippen LogP contribution in [0.5, 0.6) is 0 Å². The zero-order valence-electron chi connectivity index (χ0n) is 16.5. The topological polar surface area (TPSA) is 85.5 Å². The summed E-state index contributed by atoms with van der Waals surface area (Å²) in [5.74, 6) is 1.82. The van der Waals surface area contributed by atoms with Gasteiger partial charge in [0.25, 0.3) is 0 Å². The van der Waals surface area contributed by atoms with E-state index in [0.717, 1.165) is 60.8 Å². The van der Waals surface area contributed by atoms with Gasteiger partial charge in [0.05, 0.1) is 17.7 Å². The van der Waals surface area contributed by atoms with E-state index in [1.807, 2.05) is 37.5 Å². The summed E-state index contributed by atoms with van der Waals surface area (Å²) in [5, 5.41) is 4.63. The van der Waals surface area contributed by atoms with E-state index in [4.69, 9.17) is 15.1 Å². The van der Waals surface area contributed by atoms with E-state index in [0.29, 0.717) is 11.7 Å². The molecule has 1 saturated heterocycles. The van der Waals surface area contributed by atoms with Crippen LogP contribution in [0.15, 0.2) is 53.4 Å². The number of nitrogens with zero attached hydrogens (tertiary/aromatic N) is 5. The Balaban J connectivity index is 1.41. The van der Waals surface area contributed by atoms with Crippen LogP contribution in [0.4, 0.5) is 5.82 Å². The van der Waals surface area contributed by atoms with Crippen molar-refractivity contribution in [1.29, 1.82) is 0 Å². The maximum Gasteiger partial charge on any atom is 0.158 e. The Morgan fingerprint density at radius 3 is 2.86 bits per heavy atom. The van der Waals surface area contributed by atoms with Crippen molar-refractivity contribution >= 4 is 11.5 Å². The minimum atomic E-state index is 0.367. The van der Waals surface area contributed by atoms with Crippen molar-refractivity contribution in [3.05, 3.63) is 66.0 Å². The maximum atomic E-state index is 6.34. The summed E-state index contributed by atoms with van der Waals surface area (Å²) < 4.78 is 7.13. The van der Waals surface area contributed by atoms with Crippen LogP contribution in [0.1, 0.15) is 35.8 Å². The number of rotatable bonds is 4. The van der Waals surface area contributed by atoms with Gasteiger partial charge in [-0.2, -0.15) is 9.61 Å². The Kier molecular flexibility index (Phi) is 4.52. The molecule has 5 rings (SSSR count). The third kappa shape index (κ3) is 3.49. The first-order chi connectivity index (χ1) is 14.2. The molecule has 4 aromatic heterocycles. The third-order valence-electron chi connectivity index (χ3n) is 5.69. The first-order valence-electron chi connectivity index (χ1n) is 9.99. The number of hydrogen-bond donors (Lipinski definition) is 1. The van der Waals surface area contributed by atoms with Crippen molar-refractivity contribution < 1.29 is 4.42 Å². The highest BCUT2D eigenvalue weighted by molar-refractivity contribution is 5.66. The third-order valence-corrected chi connectivity index (χ3v) is 5.69. The molecule has 1 atom stereocenters. The number of likely N-dealkylation sites (tertiary alicyclic amines) is 1. The van der Waals surface area contributed by atoms with Gasteiger partial charge in [-0.25, -0.2) is 4.98 Å². The SMILES string of the molecule is Cc1occc1-c1cc2nc([C@@H]3CCCN(Cc4ccncc4)C3)cc(N)n2n1. The van der Waals surface area contributed by atoms with Gasteiger partial charge in [0.15, 0.2) is 5.65 Å². The molecular weight excluding hydrogens is 364 g/mol. The number of hydrogen-bond acceptors (Lipinski definition) is 6. The van der Waals surface area contributed by atoms with Crippen molar-refractivity contribution in [3.63, 3.8) is 0 Å². The predicted molar refractivity (Wildman–Crippen MR) is 111 cm³/mol. The molecule has 0 radical (unpaired) electrons. The van der Waals surface area contributed by atoms with E-state index in [1.54, 1.807) is 10.8 Å². The average molecular weight is 388 g/mol. The minimum absolute atomic E-state index is 0.367. The lowest BCUT2D eigenvalue weighted by Crippen LogP contribution is -2.34. The van der Waals surface area contributed by atoms with Gasteiger partial charge >= 0.3 is 0 Å². The fraction of sp³-hybridized carbons (Fsp3) is 0.318. The number of furan rings is 1. The van der Waals surface area contributed by atoms with Crippen LogP contribution < -0.4 is 5.73 Å². The van der Waals surface area contributed by atoms with Crippen molar-refractivity contribution in [1.82, 2.24) is 24.5 Å². The maximum absolute atomic E-state index is 6.34. The largest absolute Gasteiger partial charge is 0.469 e. The number of anilines is 1. The van der Waals surface area contributed by atoms with Crippen molar-refractivity contribution in [2.75, 3.05) is 18.8 Å². The van der Waals surface area contributed by atoms with E-state index in [2.05, 4.69) is 27.1 Å². The van der Waals surface area contributed by atoms with Crippen molar-refractivity contribution in [3.8, 4) is 11.3 Å². The smallest absolute Gasteiger partial charge is 0.158 e. The van der Waals surface area contributed by atoms with Crippen LogP contribution in [-0.4, -0.2) is 37.6 Å². The second-order valence-electron chi connectivity index (χ2n) is 7.73. The van der Waals surface area contributed by atoms with Gasteiger partial charge in [-0.3, -0.25) is 9.88 Å².